The van der Waals surface area contributed by atoms with Crippen molar-refractivity contribution in [2.45, 2.75) is 0 Å². The fourth-order valence-electron chi connectivity index (χ4n) is 2.92. The first-order chi connectivity index (χ1) is 11.9. The normalized spacial score (nSPS) is 13.1. The SMILES string of the molecule is Nc1c2c(cc(=O)n1-c1ccc3[nH]c(C(=O)O)cc3c1)C(=O)NC2=O. The number of aromatic carboxylic acids is 1. The van der Waals surface area contributed by atoms with Crippen LogP contribution in [0, 0.1) is 0 Å². The highest BCUT2D eigenvalue weighted by Crippen LogP contribution is 2.25. The highest BCUT2D eigenvalue weighted by Gasteiger charge is 2.31. The minimum atomic E-state index is -1.11. The lowest BCUT2D eigenvalue weighted by molar-refractivity contribution is 0.0690. The molecule has 1 aromatic carbocycles. The number of benzene rings is 1. The highest BCUT2D eigenvalue weighted by atomic mass is 16.4. The average molecular weight is 338 g/mol. The summed E-state index contributed by atoms with van der Waals surface area (Å²) in [6.45, 7) is 0. The van der Waals surface area contributed by atoms with Gasteiger partial charge in [0.15, 0.2) is 0 Å². The van der Waals surface area contributed by atoms with E-state index in [1.54, 1.807) is 18.2 Å². The number of aromatic nitrogens is 2. The number of nitrogens with one attached hydrogen (secondary N) is 2. The lowest BCUT2D eigenvalue weighted by atomic mass is 10.1. The summed E-state index contributed by atoms with van der Waals surface area (Å²) in [5.74, 6) is -2.59. The second-order valence-electron chi connectivity index (χ2n) is 5.53. The van der Waals surface area contributed by atoms with Gasteiger partial charge in [-0.3, -0.25) is 24.3 Å². The number of carboxylic acid groups (broad SMARTS) is 1. The van der Waals surface area contributed by atoms with Gasteiger partial charge in [-0.25, -0.2) is 4.79 Å². The second kappa shape index (κ2) is 4.81. The molecule has 0 bridgehead atoms. The van der Waals surface area contributed by atoms with Crippen molar-refractivity contribution in [3.05, 3.63) is 57.5 Å². The van der Waals surface area contributed by atoms with Crippen molar-refractivity contribution in [3.63, 3.8) is 0 Å². The standard InChI is InChI=1S/C16H10N4O5/c17-13-12-8(14(22)19-15(12)23)5-11(21)20(13)7-1-2-9-6(3-7)4-10(18-9)16(24)25/h1-5,18H,17H2,(H,24,25)(H,19,22,23). The van der Waals surface area contributed by atoms with Gasteiger partial charge in [0.2, 0.25) is 0 Å². The van der Waals surface area contributed by atoms with E-state index in [9.17, 15) is 19.2 Å². The number of hydrogen-bond donors (Lipinski definition) is 4. The summed E-state index contributed by atoms with van der Waals surface area (Å²) in [5, 5.41) is 11.7. The van der Waals surface area contributed by atoms with Crippen molar-refractivity contribution in [1.82, 2.24) is 14.9 Å². The molecule has 0 atom stereocenters. The van der Waals surface area contributed by atoms with Crippen LogP contribution in [0.1, 0.15) is 31.2 Å². The number of carbonyl (C=O) groups is 3. The first-order valence-electron chi connectivity index (χ1n) is 7.14. The Morgan fingerprint density at radius 3 is 2.56 bits per heavy atom. The van der Waals surface area contributed by atoms with Crippen LogP contribution in [-0.4, -0.2) is 32.4 Å². The number of hydrogen-bond acceptors (Lipinski definition) is 5. The Morgan fingerprint density at radius 1 is 1.08 bits per heavy atom. The predicted molar refractivity (Wildman–Crippen MR) is 87.1 cm³/mol. The number of anilines is 1. The van der Waals surface area contributed by atoms with Crippen molar-refractivity contribution in [2.24, 2.45) is 0 Å². The Labute approximate surface area is 138 Å². The Morgan fingerprint density at radius 2 is 1.84 bits per heavy atom. The monoisotopic (exact) mass is 338 g/mol. The highest BCUT2D eigenvalue weighted by molar-refractivity contribution is 6.23. The summed E-state index contributed by atoms with van der Waals surface area (Å²) < 4.78 is 1.10. The number of carbonyl (C=O) groups excluding carboxylic acids is 2. The molecule has 0 unspecified atom stereocenters. The van der Waals surface area contributed by atoms with Crippen LogP contribution in [0.4, 0.5) is 5.82 Å². The molecule has 2 aromatic heterocycles. The maximum absolute atomic E-state index is 12.4. The zero-order chi connectivity index (χ0) is 17.9. The summed E-state index contributed by atoms with van der Waals surface area (Å²) in [6, 6.07) is 7.20. The number of rotatable bonds is 2. The maximum atomic E-state index is 12.4. The Kier molecular flexibility index (Phi) is 2.83. The van der Waals surface area contributed by atoms with Crippen LogP contribution in [0.2, 0.25) is 0 Å². The molecule has 9 nitrogen and oxygen atoms in total. The number of imide groups is 1. The molecule has 3 heterocycles. The summed E-state index contributed by atoms with van der Waals surface area (Å²) in [6.07, 6.45) is 0. The van der Waals surface area contributed by atoms with E-state index in [2.05, 4.69) is 10.3 Å². The largest absolute Gasteiger partial charge is 0.477 e. The molecule has 124 valence electrons. The van der Waals surface area contributed by atoms with Gasteiger partial charge in [0.25, 0.3) is 17.4 Å². The number of fused-ring (bicyclic) bond motifs is 2. The molecule has 0 fully saturated rings. The van der Waals surface area contributed by atoms with E-state index in [1.165, 1.54) is 6.07 Å². The van der Waals surface area contributed by atoms with Crippen LogP contribution in [-0.2, 0) is 0 Å². The lowest BCUT2D eigenvalue weighted by Crippen LogP contribution is -2.24. The Bertz CT molecular complexity index is 1170. The van der Waals surface area contributed by atoms with E-state index in [4.69, 9.17) is 10.8 Å². The van der Waals surface area contributed by atoms with Crippen molar-refractivity contribution in [1.29, 1.82) is 0 Å². The molecule has 0 saturated heterocycles. The number of nitrogen functional groups attached to an aromatic ring is 1. The number of aromatic amines is 1. The van der Waals surface area contributed by atoms with Gasteiger partial charge in [-0.15, -0.1) is 0 Å². The molecule has 4 rings (SSSR count). The minimum absolute atomic E-state index is 0.00592. The molecule has 0 aliphatic carbocycles. The fourth-order valence-corrected chi connectivity index (χ4v) is 2.92. The maximum Gasteiger partial charge on any atom is 0.352 e. The molecule has 2 amide bonds. The molecule has 0 spiro atoms. The molecule has 3 aromatic rings. The summed E-state index contributed by atoms with van der Waals surface area (Å²) in [4.78, 5) is 49.7. The van der Waals surface area contributed by atoms with E-state index in [-0.39, 0.29) is 22.6 Å². The lowest BCUT2D eigenvalue weighted by Gasteiger charge is -2.11. The Hall–Kier alpha value is -3.88. The van der Waals surface area contributed by atoms with Gasteiger partial charge in [0, 0.05) is 17.0 Å². The van der Waals surface area contributed by atoms with Gasteiger partial charge in [-0.05, 0) is 24.3 Å². The van der Waals surface area contributed by atoms with Crippen molar-refractivity contribution < 1.29 is 19.5 Å². The summed E-state index contributed by atoms with van der Waals surface area (Å²) in [5.41, 5.74) is 6.21. The molecule has 0 saturated carbocycles. The number of pyridine rings is 1. The molecular formula is C16H10N4O5. The van der Waals surface area contributed by atoms with Crippen LogP contribution < -0.4 is 16.6 Å². The zero-order valence-electron chi connectivity index (χ0n) is 12.5. The van der Waals surface area contributed by atoms with E-state index < -0.39 is 23.3 Å². The predicted octanol–water partition coefficient (Wildman–Crippen LogP) is 0.483. The topological polar surface area (TPSA) is 147 Å². The summed E-state index contributed by atoms with van der Waals surface area (Å²) in [7, 11) is 0. The zero-order valence-corrected chi connectivity index (χ0v) is 12.5. The van der Waals surface area contributed by atoms with E-state index in [1.807, 2.05) is 0 Å². The molecular weight excluding hydrogens is 328 g/mol. The van der Waals surface area contributed by atoms with Crippen LogP contribution in [0.25, 0.3) is 16.6 Å². The minimum Gasteiger partial charge on any atom is -0.477 e. The number of nitrogens with two attached hydrogens (primary N) is 1. The molecule has 0 radical (unpaired) electrons. The van der Waals surface area contributed by atoms with Gasteiger partial charge < -0.3 is 15.8 Å². The molecule has 1 aliphatic heterocycles. The van der Waals surface area contributed by atoms with Gasteiger partial charge >= 0.3 is 5.97 Å². The summed E-state index contributed by atoms with van der Waals surface area (Å²) >= 11 is 0. The second-order valence-corrected chi connectivity index (χ2v) is 5.53. The number of H-pyrrole nitrogens is 1. The quantitative estimate of drug-likeness (QED) is 0.500. The third kappa shape index (κ3) is 2.02. The van der Waals surface area contributed by atoms with Crippen molar-refractivity contribution in [2.75, 3.05) is 5.73 Å². The van der Waals surface area contributed by atoms with Gasteiger partial charge in [0.1, 0.15) is 11.5 Å². The molecule has 5 N–H and O–H groups in total. The number of amides is 2. The number of nitrogens with zero attached hydrogens (tertiary/aromatic N) is 1. The third-order valence-electron chi connectivity index (χ3n) is 4.05. The third-order valence-corrected chi connectivity index (χ3v) is 4.05. The van der Waals surface area contributed by atoms with Gasteiger partial charge in [0.05, 0.1) is 16.8 Å². The van der Waals surface area contributed by atoms with Gasteiger partial charge in [-0.1, -0.05) is 0 Å². The van der Waals surface area contributed by atoms with Crippen LogP contribution in [0.3, 0.4) is 0 Å². The Balaban J connectivity index is 1.96. The van der Waals surface area contributed by atoms with Crippen LogP contribution >= 0.6 is 0 Å². The number of carboxylic acids is 1. The first-order valence-corrected chi connectivity index (χ1v) is 7.14. The van der Waals surface area contributed by atoms with E-state index >= 15 is 0 Å². The van der Waals surface area contributed by atoms with Gasteiger partial charge in [-0.2, -0.15) is 0 Å². The smallest absolute Gasteiger partial charge is 0.352 e. The average Bonchev–Trinajstić information content (AvgIpc) is 3.08. The first kappa shape index (κ1) is 14.7. The fraction of sp³-hybridized carbons (Fsp3) is 0. The van der Waals surface area contributed by atoms with Crippen LogP contribution in [0.5, 0.6) is 0 Å². The van der Waals surface area contributed by atoms with Crippen molar-refractivity contribution >= 4 is 34.5 Å². The molecule has 1 aliphatic rings. The van der Waals surface area contributed by atoms with Crippen molar-refractivity contribution in [3.8, 4) is 5.69 Å². The van der Waals surface area contributed by atoms with E-state index in [0.29, 0.717) is 16.6 Å². The van der Waals surface area contributed by atoms with E-state index in [0.717, 1.165) is 10.6 Å². The molecule has 25 heavy (non-hydrogen) atoms. The van der Waals surface area contributed by atoms with Crippen LogP contribution in [0.15, 0.2) is 35.1 Å². The molecule has 9 heteroatoms.